The molecular weight excluding hydrogens is 480 g/mol. The number of amides is 3. The number of guanidine groups is 1. The molecule has 0 bridgehead atoms. The lowest BCUT2D eigenvalue weighted by molar-refractivity contribution is -0.144. The molecule has 0 aromatic carbocycles. The molecule has 0 aliphatic heterocycles. The molecule has 13 heteroatoms. The second-order valence-corrected chi connectivity index (χ2v) is 9.80. The lowest BCUT2D eigenvalue weighted by Gasteiger charge is -2.26. The molecule has 0 heterocycles. The number of nitrogens with zero attached hydrogens (tertiary/aromatic N) is 1. The smallest absolute Gasteiger partial charge is 0.326 e. The van der Waals surface area contributed by atoms with E-state index in [1.165, 1.54) is 0 Å². The Kier molecular flexibility index (Phi) is 16.9. The number of carboxylic acid groups (broad SMARTS) is 1. The maximum atomic E-state index is 13.2. The highest BCUT2D eigenvalue weighted by atomic mass is 16.4. The zero-order valence-corrected chi connectivity index (χ0v) is 22.7. The number of aliphatic carboxylic acids is 1. The Morgan fingerprint density at radius 1 is 0.865 bits per heavy atom. The van der Waals surface area contributed by atoms with Crippen LogP contribution in [0.15, 0.2) is 4.99 Å². The third-order valence-electron chi connectivity index (χ3n) is 6.00. The van der Waals surface area contributed by atoms with E-state index in [0.717, 1.165) is 0 Å². The molecule has 0 fully saturated rings. The summed E-state index contributed by atoms with van der Waals surface area (Å²) in [5, 5.41) is 17.5. The van der Waals surface area contributed by atoms with Gasteiger partial charge >= 0.3 is 5.97 Å². The SMILES string of the molecule is CCC(C)C(NC(=O)C(CCCN=C(N)N)NC(=O)C(CCCCN)NC(=O)C(N)CC(C)C)C(=O)O. The molecule has 0 aromatic rings. The minimum Gasteiger partial charge on any atom is -0.480 e. The molecule has 0 radical (unpaired) electrons. The van der Waals surface area contributed by atoms with Crippen molar-refractivity contribution in [2.75, 3.05) is 13.1 Å². The van der Waals surface area contributed by atoms with Crippen molar-refractivity contribution in [1.29, 1.82) is 0 Å². The van der Waals surface area contributed by atoms with Crippen LogP contribution in [0.2, 0.25) is 0 Å². The Morgan fingerprint density at radius 2 is 1.41 bits per heavy atom. The summed E-state index contributed by atoms with van der Waals surface area (Å²) < 4.78 is 0. The largest absolute Gasteiger partial charge is 0.480 e. The Balaban J connectivity index is 5.69. The standard InChI is InChI=1S/C24H48N8O5/c1-5-15(4)19(23(36)37)32-22(35)18(10-8-12-29-24(27)28)31-21(34)17(9-6-7-11-25)30-20(33)16(26)13-14(2)3/h14-19H,5-13,25-26H2,1-4H3,(H,30,33)(H,31,34)(H,32,35)(H,36,37)(H4,27,28,29). The molecule has 37 heavy (non-hydrogen) atoms. The van der Waals surface area contributed by atoms with Gasteiger partial charge in [0, 0.05) is 6.54 Å². The van der Waals surface area contributed by atoms with E-state index in [1.54, 1.807) is 6.92 Å². The van der Waals surface area contributed by atoms with E-state index < -0.39 is 47.9 Å². The van der Waals surface area contributed by atoms with Crippen molar-refractivity contribution in [2.45, 2.75) is 96.8 Å². The number of rotatable bonds is 19. The van der Waals surface area contributed by atoms with Gasteiger partial charge in [0.2, 0.25) is 17.7 Å². The number of carbonyl (C=O) groups is 4. The number of nitrogens with two attached hydrogens (primary N) is 4. The van der Waals surface area contributed by atoms with Crippen LogP contribution in [-0.2, 0) is 19.2 Å². The number of aliphatic imine (C=N–C) groups is 1. The van der Waals surface area contributed by atoms with Crippen molar-refractivity contribution in [3.05, 3.63) is 0 Å². The summed E-state index contributed by atoms with van der Waals surface area (Å²) in [7, 11) is 0. The third kappa shape index (κ3) is 14.4. The third-order valence-corrected chi connectivity index (χ3v) is 6.00. The van der Waals surface area contributed by atoms with Gasteiger partial charge in [-0.1, -0.05) is 34.1 Å². The molecular formula is C24H48N8O5. The molecule has 13 nitrogen and oxygen atoms in total. The Morgan fingerprint density at radius 3 is 1.89 bits per heavy atom. The second kappa shape index (κ2) is 18.3. The first kappa shape index (κ1) is 34.1. The van der Waals surface area contributed by atoms with Gasteiger partial charge in [-0.25, -0.2) is 4.79 Å². The highest BCUT2D eigenvalue weighted by Gasteiger charge is 2.31. The van der Waals surface area contributed by atoms with Crippen molar-refractivity contribution in [1.82, 2.24) is 16.0 Å². The number of carbonyl (C=O) groups excluding carboxylic acids is 3. The zero-order valence-electron chi connectivity index (χ0n) is 22.7. The number of hydrogen-bond acceptors (Lipinski definition) is 7. The summed E-state index contributed by atoms with van der Waals surface area (Å²) in [6, 6.07) is -3.90. The lowest BCUT2D eigenvalue weighted by Crippen LogP contribution is -2.57. The van der Waals surface area contributed by atoms with Crippen LogP contribution < -0.4 is 38.9 Å². The maximum Gasteiger partial charge on any atom is 0.326 e. The molecule has 5 atom stereocenters. The summed E-state index contributed by atoms with van der Waals surface area (Å²) in [6.07, 6.45) is 3.00. The summed E-state index contributed by atoms with van der Waals surface area (Å²) in [4.78, 5) is 54.5. The van der Waals surface area contributed by atoms with Gasteiger partial charge < -0.3 is 44.0 Å². The highest BCUT2D eigenvalue weighted by molar-refractivity contribution is 5.94. The van der Waals surface area contributed by atoms with Gasteiger partial charge in [-0.15, -0.1) is 0 Å². The molecule has 0 saturated heterocycles. The number of unbranched alkanes of at least 4 members (excludes halogenated alkanes) is 1. The summed E-state index contributed by atoms with van der Waals surface area (Å²) in [6.45, 7) is 8.06. The number of hydrogen-bond donors (Lipinski definition) is 8. The Hall–Kier alpha value is -2.93. The molecule has 0 rings (SSSR count). The Bertz CT molecular complexity index is 757. The summed E-state index contributed by atoms with van der Waals surface area (Å²) in [5.74, 6) is -3.08. The normalized spacial score (nSPS) is 15.1. The minimum atomic E-state index is -1.17. The van der Waals surface area contributed by atoms with Crippen LogP contribution in [0, 0.1) is 11.8 Å². The van der Waals surface area contributed by atoms with Crippen molar-refractivity contribution < 1.29 is 24.3 Å². The van der Waals surface area contributed by atoms with E-state index in [4.69, 9.17) is 22.9 Å². The fraction of sp³-hybridized carbons (Fsp3) is 0.792. The predicted molar refractivity (Wildman–Crippen MR) is 143 cm³/mol. The van der Waals surface area contributed by atoms with E-state index in [2.05, 4.69) is 20.9 Å². The fourth-order valence-corrected chi connectivity index (χ4v) is 3.64. The van der Waals surface area contributed by atoms with Crippen molar-refractivity contribution in [2.24, 2.45) is 39.8 Å². The monoisotopic (exact) mass is 528 g/mol. The first-order chi connectivity index (χ1) is 17.3. The van der Waals surface area contributed by atoms with E-state index in [1.807, 2.05) is 20.8 Å². The maximum absolute atomic E-state index is 13.2. The van der Waals surface area contributed by atoms with Gasteiger partial charge in [-0.3, -0.25) is 19.4 Å². The molecule has 0 saturated carbocycles. The average molecular weight is 529 g/mol. The number of carboxylic acids is 1. The predicted octanol–water partition coefficient (Wildman–Crippen LogP) is -0.872. The lowest BCUT2D eigenvalue weighted by atomic mass is 9.98. The summed E-state index contributed by atoms with van der Waals surface area (Å²) >= 11 is 0. The van der Waals surface area contributed by atoms with Gasteiger partial charge in [-0.05, 0) is 56.9 Å². The van der Waals surface area contributed by atoms with Gasteiger partial charge in [0.1, 0.15) is 18.1 Å². The molecule has 0 aliphatic carbocycles. The molecule has 12 N–H and O–H groups in total. The van der Waals surface area contributed by atoms with Crippen molar-refractivity contribution in [3.63, 3.8) is 0 Å². The fourth-order valence-electron chi connectivity index (χ4n) is 3.64. The molecule has 0 aromatic heterocycles. The van der Waals surface area contributed by atoms with E-state index in [0.29, 0.717) is 45.1 Å². The van der Waals surface area contributed by atoms with Gasteiger partial charge in [0.15, 0.2) is 5.96 Å². The molecule has 3 amide bonds. The highest BCUT2D eigenvalue weighted by Crippen LogP contribution is 2.10. The van der Waals surface area contributed by atoms with Crippen LogP contribution in [-0.4, -0.2) is 72.0 Å². The summed E-state index contributed by atoms with van der Waals surface area (Å²) in [5.41, 5.74) is 22.3. The Labute approximate surface area is 219 Å². The van der Waals surface area contributed by atoms with Crippen LogP contribution in [0.5, 0.6) is 0 Å². The van der Waals surface area contributed by atoms with Crippen LogP contribution >= 0.6 is 0 Å². The van der Waals surface area contributed by atoms with Crippen LogP contribution in [0.4, 0.5) is 0 Å². The van der Waals surface area contributed by atoms with Crippen molar-refractivity contribution in [3.8, 4) is 0 Å². The topological polar surface area (TPSA) is 241 Å². The van der Waals surface area contributed by atoms with E-state index in [-0.39, 0.29) is 30.8 Å². The minimum absolute atomic E-state index is 0.104. The molecule has 5 unspecified atom stereocenters. The van der Waals surface area contributed by atoms with E-state index in [9.17, 15) is 24.3 Å². The first-order valence-corrected chi connectivity index (χ1v) is 13.0. The van der Waals surface area contributed by atoms with Crippen LogP contribution in [0.3, 0.4) is 0 Å². The van der Waals surface area contributed by atoms with E-state index >= 15 is 0 Å². The quantitative estimate of drug-likeness (QED) is 0.0589. The van der Waals surface area contributed by atoms with Gasteiger partial charge in [0.05, 0.1) is 6.04 Å². The van der Waals surface area contributed by atoms with Gasteiger partial charge in [-0.2, -0.15) is 0 Å². The zero-order chi connectivity index (χ0) is 28.5. The van der Waals surface area contributed by atoms with Crippen molar-refractivity contribution >= 4 is 29.7 Å². The molecule has 214 valence electrons. The average Bonchev–Trinajstić information content (AvgIpc) is 2.82. The number of nitrogens with one attached hydrogen (secondary N) is 3. The van der Waals surface area contributed by atoms with Gasteiger partial charge in [0.25, 0.3) is 0 Å². The second-order valence-electron chi connectivity index (χ2n) is 9.80. The van der Waals surface area contributed by atoms with Crippen LogP contribution in [0.1, 0.15) is 72.6 Å². The van der Waals surface area contributed by atoms with Crippen LogP contribution in [0.25, 0.3) is 0 Å². The first-order valence-electron chi connectivity index (χ1n) is 13.0. The molecule has 0 aliphatic rings. The molecule has 0 spiro atoms.